The fraction of sp³-hybridized carbons (Fsp3) is 0.185. The SMILES string of the molecule is COc1cc(C(=O)Oc2ccc3c(c2)O/C(=C\c2cc(Cl)cc4c2OCOC4)C3=O)cc(OC)c1OC. The average molecular weight is 525 g/mol. The topological polar surface area (TPSA) is 98.8 Å². The molecule has 0 fully saturated rings. The van der Waals surface area contributed by atoms with Crippen molar-refractivity contribution in [1.29, 1.82) is 0 Å². The van der Waals surface area contributed by atoms with E-state index in [1.54, 1.807) is 18.2 Å². The lowest BCUT2D eigenvalue weighted by atomic mass is 10.1. The molecule has 3 aromatic carbocycles. The predicted molar refractivity (Wildman–Crippen MR) is 132 cm³/mol. The van der Waals surface area contributed by atoms with Gasteiger partial charge in [0.1, 0.15) is 17.2 Å². The van der Waals surface area contributed by atoms with E-state index in [9.17, 15) is 9.59 Å². The third kappa shape index (κ3) is 4.66. The number of ether oxygens (including phenoxy) is 7. The Hall–Kier alpha value is -4.21. The molecule has 0 N–H and O–H groups in total. The van der Waals surface area contributed by atoms with Crippen molar-refractivity contribution in [2.45, 2.75) is 6.61 Å². The van der Waals surface area contributed by atoms with Crippen LogP contribution in [0, 0.1) is 0 Å². The summed E-state index contributed by atoms with van der Waals surface area (Å²) >= 11 is 6.23. The molecule has 37 heavy (non-hydrogen) atoms. The van der Waals surface area contributed by atoms with Gasteiger partial charge < -0.3 is 33.2 Å². The van der Waals surface area contributed by atoms with Gasteiger partial charge in [-0.2, -0.15) is 0 Å². The van der Waals surface area contributed by atoms with Gasteiger partial charge in [-0.25, -0.2) is 4.79 Å². The highest BCUT2D eigenvalue weighted by atomic mass is 35.5. The van der Waals surface area contributed by atoms with Crippen LogP contribution in [0.2, 0.25) is 5.02 Å². The molecule has 0 spiro atoms. The van der Waals surface area contributed by atoms with E-state index in [0.717, 1.165) is 5.56 Å². The largest absolute Gasteiger partial charge is 0.493 e. The number of methoxy groups -OCH3 is 3. The molecule has 0 bridgehead atoms. The maximum atomic E-state index is 13.0. The Balaban J connectivity index is 1.40. The van der Waals surface area contributed by atoms with Crippen molar-refractivity contribution in [3.05, 3.63) is 75.5 Å². The first-order valence-electron chi connectivity index (χ1n) is 11.0. The van der Waals surface area contributed by atoms with Crippen molar-refractivity contribution in [3.63, 3.8) is 0 Å². The standard InChI is InChI=1S/C27H21ClO9/c1-31-22-9-15(10-23(32-2)26(22)33-3)27(30)36-18-4-5-19-20(11-18)37-21(24(19)29)8-14-6-17(28)7-16-12-34-13-35-25(14)16/h4-11H,12-13H2,1-3H3/b21-8-. The van der Waals surface area contributed by atoms with Crippen molar-refractivity contribution in [3.8, 4) is 34.5 Å². The second-order valence-electron chi connectivity index (χ2n) is 8.00. The van der Waals surface area contributed by atoms with E-state index in [2.05, 4.69) is 0 Å². The van der Waals surface area contributed by atoms with Crippen LogP contribution >= 0.6 is 11.6 Å². The molecule has 0 aromatic heterocycles. The van der Waals surface area contributed by atoms with Crippen molar-refractivity contribution in [1.82, 2.24) is 0 Å². The summed E-state index contributed by atoms with van der Waals surface area (Å²) in [5.74, 6) is 1.10. The maximum absolute atomic E-state index is 13.0. The molecule has 0 radical (unpaired) electrons. The molecular weight excluding hydrogens is 504 g/mol. The Kier molecular flexibility index (Phi) is 6.64. The normalized spacial score (nSPS) is 14.8. The predicted octanol–water partition coefficient (Wildman–Crippen LogP) is 5.07. The molecule has 2 aliphatic rings. The molecule has 9 nitrogen and oxygen atoms in total. The molecule has 0 aliphatic carbocycles. The quantitative estimate of drug-likeness (QED) is 0.248. The van der Waals surface area contributed by atoms with Gasteiger partial charge in [-0.1, -0.05) is 11.6 Å². The van der Waals surface area contributed by atoms with E-state index in [4.69, 9.17) is 44.8 Å². The number of halogens is 1. The Bertz CT molecular complexity index is 1420. The zero-order valence-corrected chi connectivity index (χ0v) is 20.8. The summed E-state index contributed by atoms with van der Waals surface area (Å²) < 4.78 is 38.1. The van der Waals surface area contributed by atoms with E-state index in [1.165, 1.54) is 51.7 Å². The molecule has 2 heterocycles. The number of ketones is 1. The average Bonchev–Trinajstić information content (AvgIpc) is 3.21. The van der Waals surface area contributed by atoms with Gasteiger partial charge in [-0.05, 0) is 42.5 Å². The highest BCUT2D eigenvalue weighted by Crippen LogP contribution is 2.40. The summed E-state index contributed by atoms with van der Waals surface area (Å²) in [6.07, 6.45) is 1.57. The number of carbonyl (C=O) groups excluding carboxylic acids is 2. The Morgan fingerprint density at radius 2 is 1.76 bits per heavy atom. The van der Waals surface area contributed by atoms with E-state index >= 15 is 0 Å². The van der Waals surface area contributed by atoms with Crippen LogP contribution in [0.25, 0.3) is 6.08 Å². The zero-order chi connectivity index (χ0) is 26.1. The second kappa shape index (κ2) is 10.0. The molecular formula is C27H21ClO9. The number of allylic oxidation sites excluding steroid dienone is 1. The van der Waals surface area contributed by atoms with Crippen LogP contribution < -0.4 is 28.4 Å². The van der Waals surface area contributed by atoms with Crippen LogP contribution in [0.1, 0.15) is 31.8 Å². The Morgan fingerprint density at radius 3 is 2.46 bits per heavy atom. The number of benzene rings is 3. The summed E-state index contributed by atoms with van der Waals surface area (Å²) in [6.45, 7) is 0.447. The molecule has 0 amide bonds. The zero-order valence-electron chi connectivity index (χ0n) is 20.1. The smallest absolute Gasteiger partial charge is 0.343 e. The number of Topliss-reactive ketones (excluding diaryl/α,β-unsaturated/α-hetero) is 1. The van der Waals surface area contributed by atoms with Crippen molar-refractivity contribution >= 4 is 29.4 Å². The molecule has 0 saturated heterocycles. The lowest BCUT2D eigenvalue weighted by molar-refractivity contribution is -0.0165. The minimum absolute atomic E-state index is 0.0858. The fourth-order valence-electron chi connectivity index (χ4n) is 4.05. The summed E-state index contributed by atoms with van der Waals surface area (Å²) in [6, 6.07) is 10.9. The number of hydrogen-bond acceptors (Lipinski definition) is 9. The third-order valence-electron chi connectivity index (χ3n) is 5.74. The van der Waals surface area contributed by atoms with E-state index in [0.29, 0.717) is 45.8 Å². The number of hydrogen-bond donors (Lipinski definition) is 0. The van der Waals surface area contributed by atoms with Crippen molar-refractivity contribution < 1.29 is 42.7 Å². The van der Waals surface area contributed by atoms with Crippen molar-refractivity contribution in [2.24, 2.45) is 0 Å². The van der Waals surface area contributed by atoms with Crippen LogP contribution in [0.3, 0.4) is 0 Å². The van der Waals surface area contributed by atoms with Gasteiger partial charge in [0.05, 0.1) is 39.1 Å². The fourth-order valence-corrected chi connectivity index (χ4v) is 4.30. The summed E-state index contributed by atoms with van der Waals surface area (Å²) in [4.78, 5) is 25.8. The van der Waals surface area contributed by atoms with Crippen LogP contribution in [0.5, 0.6) is 34.5 Å². The summed E-state index contributed by atoms with van der Waals surface area (Å²) in [7, 11) is 4.37. The van der Waals surface area contributed by atoms with Gasteiger partial charge in [-0.3, -0.25) is 4.79 Å². The first-order valence-corrected chi connectivity index (χ1v) is 11.4. The minimum Gasteiger partial charge on any atom is -0.493 e. The van der Waals surface area contributed by atoms with Gasteiger partial charge in [0, 0.05) is 22.2 Å². The molecule has 190 valence electrons. The molecule has 0 saturated carbocycles. The molecule has 0 atom stereocenters. The number of carbonyl (C=O) groups is 2. The maximum Gasteiger partial charge on any atom is 0.343 e. The van der Waals surface area contributed by atoms with Gasteiger partial charge in [-0.15, -0.1) is 0 Å². The minimum atomic E-state index is -0.663. The summed E-state index contributed by atoms with van der Waals surface area (Å²) in [5.41, 5.74) is 1.88. The Labute approximate surface area is 217 Å². The lowest BCUT2D eigenvalue weighted by Gasteiger charge is -2.20. The molecule has 2 aliphatic heterocycles. The monoisotopic (exact) mass is 524 g/mol. The van der Waals surface area contributed by atoms with E-state index < -0.39 is 5.97 Å². The van der Waals surface area contributed by atoms with Crippen LogP contribution in [-0.4, -0.2) is 39.9 Å². The third-order valence-corrected chi connectivity index (χ3v) is 5.96. The van der Waals surface area contributed by atoms with Crippen LogP contribution in [0.15, 0.2) is 48.2 Å². The van der Waals surface area contributed by atoms with E-state index in [-0.39, 0.29) is 35.4 Å². The van der Waals surface area contributed by atoms with Crippen LogP contribution in [0.4, 0.5) is 0 Å². The van der Waals surface area contributed by atoms with E-state index in [1.807, 2.05) is 0 Å². The van der Waals surface area contributed by atoms with Gasteiger partial charge in [0.15, 0.2) is 24.1 Å². The Morgan fingerprint density at radius 1 is 1.00 bits per heavy atom. The van der Waals surface area contributed by atoms with Crippen LogP contribution in [-0.2, 0) is 11.3 Å². The number of esters is 1. The second-order valence-corrected chi connectivity index (χ2v) is 8.43. The molecule has 0 unspecified atom stereocenters. The molecule has 10 heteroatoms. The highest BCUT2D eigenvalue weighted by molar-refractivity contribution is 6.31. The number of fused-ring (bicyclic) bond motifs is 2. The lowest BCUT2D eigenvalue weighted by Crippen LogP contribution is -2.12. The first kappa shape index (κ1) is 24.5. The molecule has 5 rings (SSSR count). The van der Waals surface area contributed by atoms with Gasteiger partial charge in [0.2, 0.25) is 11.5 Å². The first-order chi connectivity index (χ1) is 17.9. The van der Waals surface area contributed by atoms with Gasteiger partial charge in [0.25, 0.3) is 0 Å². The molecule has 3 aromatic rings. The summed E-state index contributed by atoms with van der Waals surface area (Å²) in [5, 5.41) is 0.476. The van der Waals surface area contributed by atoms with Gasteiger partial charge >= 0.3 is 5.97 Å². The number of rotatable bonds is 6. The van der Waals surface area contributed by atoms with Crippen molar-refractivity contribution in [2.75, 3.05) is 28.1 Å². The highest BCUT2D eigenvalue weighted by Gasteiger charge is 2.29.